The van der Waals surface area contributed by atoms with Gasteiger partial charge in [0, 0.05) is 31.4 Å². The zero-order valence-corrected chi connectivity index (χ0v) is 13.1. The lowest BCUT2D eigenvalue weighted by molar-refractivity contribution is -0.167. The van der Waals surface area contributed by atoms with Crippen molar-refractivity contribution in [1.29, 1.82) is 0 Å². The Bertz CT molecular complexity index is 662. The highest BCUT2D eigenvalue weighted by atomic mass is 16.6. The number of carbonyl (C=O) groups is 2. The zero-order chi connectivity index (χ0) is 16.5. The van der Waals surface area contributed by atoms with Crippen LogP contribution in [0.25, 0.3) is 0 Å². The summed E-state index contributed by atoms with van der Waals surface area (Å²) in [5.74, 6) is -0.808. The van der Waals surface area contributed by atoms with Crippen molar-refractivity contribution in [2.24, 2.45) is 0 Å². The van der Waals surface area contributed by atoms with E-state index in [-0.39, 0.29) is 0 Å². The van der Waals surface area contributed by atoms with Gasteiger partial charge in [0.1, 0.15) is 0 Å². The van der Waals surface area contributed by atoms with Gasteiger partial charge in [0.2, 0.25) is 0 Å². The maximum atomic E-state index is 11.7. The van der Waals surface area contributed by atoms with Gasteiger partial charge in [-0.3, -0.25) is 9.59 Å². The highest BCUT2D eigenvalue weighted by molar-refractivity contribution is 5.71. The molecule has 0 bridgehead atoms. The summed E-state index contributed by atoms with van der Waals surface area (Å²) >= 11 is 0. The van der Waals surface area contributed by atoms with Crippen molar-refractivity contribution in [1.82, 2.24) is 0 Å². The molecule has 0 N–H and O–H groups in total. The van der Waals surface area contributed by atoms with Crippen LogP contribution in [0.1, 0.15) is 31.4 Å². The number of hydrogen-bond donors (Lipinski definition) is 0. The lowest BCUT2D eigenvalue weighted by Crippen LogP contribution is -2.31. The first kappa shape index (κ1) is 15.3. The van der Waals surface area contributed by atoms with E-state index in [1.807, 2.05) is 60.7 Å². The number of rotatable bonds is 4. The molecule has 1 saturated carbocycles. The molecule has 1 fully saturated rings. The second kappa shape index (κ2) is 5.54. The van der Waals surface area contributed by atoms with Crippen LogP contribution in [-0.2, 0) is 30.3 Å². The lowest BCUT2D eigenvalue weighted by atomic mass is 9.98. The molecule has 0 unspecified atom stereocenters. The van der Waals surface area contributed by atoms with Gasteiger partial charge in [-0.1, -0.05) is 60.7 Å². The Balaban J connectivity index is 2.13. The number of benzene rings is 2. The van der Waals surface area contributed by atoms with Crippen LogP contribution in [0.2, 0.25) is 0 Å². The minimum absolute atomic E-state index is 0.404. The van der Waals surface area contributed by atoms with Crippen LogP contribution in [0.15, 0.2) is 60.7 Å². The van der Waals surface area contributed by atoms with Gasteiger partial charge >= 0.3 is 11.9 Å². The van der Waals surface area contributed by atoms with Gasteiger partial charge in [-0.05, 0) is 0 Å². The summed E-state index contributed by atoms with van der Waals surface area (Å²) in [6, 6.07) is 18.8. The molecule has 4 heteroatoms. The smallest absolute Gasteiger partial charge is 0.303 e. The van der Waals surface area contributed by atoms with Crippen molar-refractivity contribution >= 4 is 11.9 Å². The van der Waals surface area contributed by atoms with E-state index < -0.39 is 23.1 Å². The standard InChI is InChI=1S/C19H18O4/c1-14(20)22-18(16-9-5-3-6-10-16)13-19(18,23-15(2)21)17-11-7-4-8-12-17/h3-12H,13H2,1-2H3/t18-,19+. The lowest BCUT2D eigenvalue weighted by Gasteiger charge is -2.26. The average molecular weight is 310 g/mol. The Kier molecular flexibility index (Phi) is 3.68. The number of carbonyl (C=O) groups excluding carboxylic acids is 2. The molecule has 118 valence electrons. The van der Waals surface area contributed by atoms with Crippen molar-refractivity contribution in [2.75, 3.05) is 0 Å². The highest BCUT2D eigenvalue weighted by Crippen LogP contribution is 2.67. The fourth-order valence-electron chi connectivity index (χ4n) is 3.24. The summed E-state index contributed by atoms with van der Waals surface area (Å²) in [5.41, 5.74) is -0.319. The van der Waals surface area contributed by atoms with E-state index >= 15 is 0 Å². The molecule has 1 aliphatic rings. The molecule has 0 aliphatic heterocycles. The molecule has 0 heterocycles. The van der Waals surface area contributed by atoms with Crippen molar-refractivity contribution in [3.8, 4) is 0 Å². The van der Waals surface area contributed by atoms with Crippen LogP contribution >= 0.6 is 0 Å². The van der Waals surface area contributed by atoms with E-state index in [9.17, 15) is 9.59 Å². The second-order valence-electron chi connectivity index (χ2n) is 5.75. The quantitative estimate of drug-likeness (QED) is 0.813. The summed E-state index contributed by atoms with van der Waals surface area (Å²) in [5, 5.41) is 0. The molecular formula is C19H18O4. The summed E-state index contributed by atoms with van der Waals surface area (Å²) in [6.07, 6.45) is 0.410. The van der Waals surface area contributed by atoms with Gasteiger partial charge in [0.15, 0.2) is 11.2 Å². The molecule has 0 aromatic heterocycles. The Morgan fingerprint density at radius 2 is 1.09 bits per heavy atom. The van der Waals surface area contributed by atoms with E-state index in [2.05, 4.69) is 0 Å². The summed E-state index contributed by atoms with van der Waals surface area (Å²) in [6.45, 7) is 2.74. The summed E-state index contributed by atoms with van der Waals surface area (Å²) in [4.78, 5) is 23.4. The van der Waals surface area contributed by atoms with Gasteiger partial charge in [-0.15, -0.1) is 0 Å². The average Bonchev–Trinajstić information content (AvgIpc) is 3.16. The molecule has 4 nitrogen and oxygen atoms in total. The van der Waals surface area contributed by atoms with Gasteiger partial charge in [-0.25, -0.2) is 0 Å². The second-order valence-corrected chi connectivity index (χ2v) is 5.75. The zero-order valence-electron chi connectivity index (χ0n) is 13.1. The largest absolute Gasteiger partial charge is 0.449 e. The van der Waals surface area contributed by atoms with Gasteiger partial charge in [0.05, 0.1) is 0 Å². The SMILES string of the molecule is CC(=O)O[C@]1(c2ccccc2)C[C@@]1(OC(C)=O)c1ccccc1. The third kappa shape index (κ3) is 2.50. The Labute approximate surface area is 135 Å². The highest BCUT2D eigenvalue weighted by Gasteiger charge is 2.76. The minimum atomic E-state index is -0.979. The normalized spacial score (nSPS) is 25.5. The third-order valence-corrected chi connectivity index (χ3v) is 4.14. The molecule has 0 saturated heterocycles. The monoisotopic (exact) mass is 310 g/mol. The Morgan fingerprint density at radius 3 is 1.39 bits per heavy atom. The van der Waals surface area contributed by atoms with Crippen LogP contribution in [0.4, 0.5) is 0 Å². The van der Waals surface area contributed by atoms with Crippen molar-refractivity contribution < 1.29 is 19.1 Å². The van der Waals surface area contributed by atoms with E-state index in [1.165, 1.54) is 13.8 Å². The minimum Gasteiger partial charge on any atom is -0.449 e. The first-order chi connectivity index (χ1) is 11.0. The first-order valence-corrected chi connectivity index (χ1v) is 7.50. The fourth-order valence-corrected chi connectivity index (χ4v) is 3.24. The Hall–Kier alpha value is -2.62. The van der Waals surface area contributed by atoms with Crippen LogP contribution in [0.3, 0.4) is 0 Å². The number of ether oxygens (including phenoxy) is 2. The molecule has 2 atom stereocenters. The Morgan fingerprint density at radius 1 is 0.739 bits per heavy atom. The van der Waals surface area contributed by atoms with Crippen molar-refractivity contribution in [3.05, 3.63) is 71.8 Å². The molecule has 2 aromatic carbocycles. The van der Waals surface area contributed by atoms with Crippen LogP contribution < -0.4 is 0 Å². The van der Waals surface area contributed by atoms with Crippen LogP contribution in [-0.4, -0.2) is 11.9 Å². The predicted octanol–water partition coefficient (Wildman–Crippen LogP) is 3.31. The third-order valence-electron chi connectivity index (χ3n) is 4.14. The van der Waals surface area contributed by atoms with E-state index in [4.69, 9.17) is 9.47 Å². The van der Waals surface area contributed by atoms with Crippen molar-refractivity contribution in [3.63, 3.8) is 0 Å². The summed E-state index contributed by atoms with van der Waals surface area (Å²) in [7, 11) is 0. The number of hydrogen-bond acceptors (Lipinski definition) is 4. The topological polar surface area (TPSA) is 52.6 Å². The van der Waals surface area contributed by atoms with Gasteiger partial charge in [0.25, 0.3) is 0 Å². The van der Waals surface area contributed by atoms with Crippen LogP contribution in [0.5, 0.6) is 0 Å². The molecule has 2 aromatic rings. The van der Waals surface area contributed by atoms with Crippen molar-refractivity contribution in [2.45, 2.75) is 31.5 Å². The fraction of sp³-hybridized carbons (Fsp3) is 0.263. The van der Waals surface area contributed by atoms with E-state index in [0.29, 0.717) is 6.42 Å². The molecular weight excluding hydrogens is 292 g/mol. The maximum absolute atomic E-state index is 11.7. The van der Waals surface area contributed by atoms with E-state index in [1.54, 1.807) is 0 Å². The van der Waals surface area contributed by atoms with Crippen LogP contribution in [0, 0.1) is 0 Å². The van der Waals surface area contributed by atoms with Gasteiger partial charge in [-0.2, -0.15) is 0 Å². The molecule has 3 rings (SSSR count). The molecule has 0 spiro atoms. The van der Waals surface area contributed by atoms with E-state index in [0.717, 1.165) is 11.1 Å². The predicted molar refractivity (Wildman–Crippen MR) is 84.4 cm³/mol. The first-order valence-electron chi connectivity index (χ1n) is 7.50. The summed E-state index contributed by atoms with van der Waals surface area (Å²) < 4.78 is 11.4. The maximum Gasteiger partial charge on any atom is 0.303 e. The molecule has 0 radical (unpaired) electrons. The van der Waals surface area contributed by atoms with Gasteiger partial charge < -0.3 is 9.47 Å². The molecule has 23 heavy (non-hydrogen) atoms. The molecule has 0 amide bonds. The molecule has 1 aliphatic carbocycles. The number of esters is 2.